The van der Waals surface area contributed by atoms with Crippen LogP contribution in [0.4, 0.5) is 5.95 Å². The fourth-order valence-electron chi connectivity index (χ4n) is 7.90. The summed E-state index contributed by atoms with van der Waals surface area (Å²) in [7, 11) is 1.99. The quantitative estimate of drug-likeness (QED) is 0.0861. The van der Waals surface area contributed by atoms with Gasteiger partial charge in [-0.15, -0.1) is 11.3 Å². The second kappa shape index (κ2) is 18.4. The van der Waals surface area contributed by atoms with Crippen LogP contribution in [0.2, 0.25) is 5.02 Å². The summed E-state index contributed by atoms with van der Waals surface area (Å²) >= 11 is 7.93. The lowest BCUT2D eigenvalue weighted by atomic mass is 9.91. The first-order valence-corrected chi connectivity index (χ1v) is 21.2. The standard InChI is InChI=1S/C39H53ClN10O4S/c1-49-32(17-24-7-8-24)29(20-45-49)35-30(40)21-44-39(48-35)46-27-11-9-26(10-12-27)42-16-6-4-2-3-5-15-41-22-34(52)43-19-28-18-25-23-50(38(54)36(25)55-28)31-13-14-33(51)47-37(31)53/h18,20-21,24,26-27,31,41-42H,2-17,19,22-23H2,1H3,(H,43,52)(H,44,46,48)(H,47,51,53). The number of anilines is 1. The molecule has 7 rings (SSSR count). The molecule has 0 bridgehead atoms. The van der Waals surface area contributed by atoms with Crippen LogP contribution in [0.25, 0.3) is 11.3 Å². The molecule has 0 spiro atoms. The highest BCUT2D eigenvalue weighted by molar-refractivity contribution is 7.14. The van der Waals surface area contributed by atoms with Gasteiger partial charge in [-0.2, -0.15) is 5.10 Å². The number of fused-ring (bicyclic) bond motifs is 1. The number of rotatable bonds is 19. The SMILES string of the molecule is Cn1ncc(-c2nc(NC3CCC(NCCCCCCCNCC(=O)NCc4cc5c(s4)C(=O)N(C4CCC(=O)NC4=O)C5)CC3)ncc2Cl)c1CC1CC1. The van der Waals surface area contributed by atoms with E-state index in [1.807, 2.05) is 24.0 Å². The molecule has 55 heavy (non-hydrogen) atoms. The van der Waals surface area contributed by atoms with Crippen LogP contribution in [0.15, 0.2) is 18.5 Å². The van der Waals surface area contributed by atoms with Gasteiger partial charge < -0.3 is 26.2 Å². The third-order valence-electron chi connectivity index (χ3n) is 11.3. The molecule has 3 aromatic rings. The number of nitrogens with zero attached hydrogens (tertiary/aromatic N) is 5. The van der Waals surface area contributed by atoms with E-state index in [1.165, 1.54) is 49.1 Å². The van der Waals surface area contributed by atoms with Crippen LogP contribution < -0.4 is 26.6 Å². The zero-order valence-corrected chi connectivity index (χ0v) is 33.2. The molecule has 3 fully saturated rings. The number of aryl methyl sites for hydroxylation is 1. The number of halogens is 1. The van der Waals surface area contributed by atoms with E-state index in [2.05, 4.69) is 36.7 Å². The third kappa shape index (κ3) is 10.3. The number of imide groups is 1. The zero-order chi connectivity index (χ0) is 38.3. The van der Waals surface area contributed by atoms with Gasteiger partial charge >= 0.3 is 0 Å². The molecule has 1 saturated heterocycles. The third-order valence-corrected chi connectivity index (χ3v) is 12.7. The maximum absolute atomic E-state index is 12.9. The average molecular weight is 793 g/mol. The Balaban J connectivity index is 0.698. The van der Waals surface area contributed by atoms with Crippen molar-refractivity contribution in [1.29, 1.82) is 0 Å². The van der Waals surface area contributed by atoms with E-state index in [0.29, 0.717) is 47.4 Å². The van der Waals surface area contributed by atoms with Crippen LogP contribution in [0.5, 0.6) is 0 Å². The summed E-state index contributed by atoms with van der Waals surface area (Å²) in [5, 5.41) is 20.9. The number of carbonyl (C=O) groups excluding carboxylic acids is 4. The summed E-state index contributed by atoms with van der Waals surface area (Å²) < 4.78 is 1.95. The molecule has 14 nitrogen and oxygen atoms in total. The van der Waals surface area contributed by atoms with E-state index in [1.54, 1.807) is 11.1 Å². The number of aromatic nitrogens is 4. The molecule has 2 saturated carbocycles. The Morgan fingerprint density at radius 2 is 1.75 bits per heavy atom. The van der Waals surface area contributed by atoms with E-state index < -0.39 is 11.9 Å². The first-order valence-electron chi connectivity index (χ1n) is 20.0. The van der Waals surface area contributed by atoms with Crippen molar-refractivity contribution in [3.05, 3.63) is 44.5 Å². The van der Waals surface area contributed by atoms with Gasteiger partial charge in [-0.1, -0.05) is 30.9 Å². The Kier molecular flexibility index (Phi) is 13.1. The smallest absolute Gasteiger partial charge is 0.265 e. The van der Waals surface area contributed by atoms with E-state index in [9.17, 15) is 19.2 Å². The number of amides is 4. The van der Waals surface area contributed by atoms with Gasteiger partial charge in [0, 0.05) is 48.2 Å². The van der Waals surface area contributed by atoms with Crippen molar-refractivity contribution in [2.24, 2.45) is 13.0 Å². The minimum atomic E-state index is -0.613. The van der Waals surface area contributed by atoms with E-state index in [-0.39, 0.29) is 30.7 Å². The Morgan fingerprint density at radius 3 is 2.51 bits per heavy atom. The van der Waals surface area contributed by atoms with Crippen molar-refractivity contribution in [3.63, 3.8) is 0 Å². The molecule has 5 heterocycles. The number of carbonyl (C=O) groups is 4. The molecule has 0 aromatic carbocycles. The zero-order valence-electron chi connectivity index (χ0n) is 31.6. The molecule has 3 aromatic heterocycles. The molecule has 2 aliphatic heterocycles. The monoisotopic (exact) mass is 792 g/mol. The highest BCUT2D eigenvalue weighted by Crippen LogP contribution is 2.37. The van der Waals surface area contributed by atoms with Crippen LogP contribution in [-0.2, 0) is 40.9 Å². The Morgan fingerprint density at radius 1 is 0.982 bits per heavy atom. The van der Waals surface area contributed by atoms with Crippen molar-refractivity contribution in [2.75, 3.05) is 25.0 Å². The average Bonchev–Trinajstić information content (AvgIpc) is 3.69. The van der Waals surface area contributed by atoms with E-state index in [0.717, 1.165) is 85.7 Å². The summed E-state index contributed by atoms with van der Waals surface area (Å²) in [6.07, 6.45) is 17.9. The molecule has 16 heteroatoms. The molecule has 5 N–H and O–H groups in total. The molecule has 4 aliphatic rings. The molecule has 296 valence electrons. The predicted octanol–water partition coefficient (Wildman–Crippen LogP) is 4.47. The Bertz CT molecular complexity index is 1850. The van der Waals surface area contributed by atoms with E-state index >= 15 is 0 Å². The molecular weight excluding hydrogens is 740 g/mol. The number of hydrogen-bond donors (Lipinski definition) is 5. The molecule has 1 atom stereocenters. The normalized spacial score (nSPS) is 21.2. The molecule has 2 aliphatic carbocycles. The molecule has 0 radical (unpaired) electrons. The Hall–Kier alpha value is -3.92. The minimum Gasteiger partial charge on any atom is -0.351 e. The van der Waals surface area contributed by atoms with Crippen molar-refractivity contribution in [3.8, 4) is 11.3 Å². The fraction of sp³-hybridized carbons (Fsp3) is 0.615. The van der Waals surface area contributed by atoms with Gasteiger partial charge in [0.1, 0.15) is 6.04 Å². The fourth-order valence-corrected chi connectivity index (χ4v) is 9.16. The van der Waals surface area contributed by atoms with Gasteiger partial charge in [0.15, 0.2) is 0 Å². The van der Waals surface area contributed by atoms with Crippen molar-refractivity contribution >= 4 is 52.5 Å². The highest BCUT2D eigenvalue weighted by atomic mass is 35.5. The number of thiophene rings is 1. The minimum absolute atomic E-state index is 0.0771. The molecular formula is C39H53ClN10O4S. The van der Waals surface area contributed by atoms with Crippen molar-refractivity contribution in [2.45, 2.75) is 121 Å². The topological polar surface area (TPSA) is 175 Å². The van der Waals surface area contributed by atoms with Crippen LogP contribution >= 0.6 is 22.9 Å². The van der Waals surface area contributed by atoms with Gasteiger partial charge in [0.2, 0.25) is 23.7 Å². The van der Waals surface area contributed by atoms with Gasteiger partial charge in [-0.05, 0) is 94.8 Å². The summed E-state index contributed by atoms with van der Waals surface area (Å²) in [5.74, 6) is 0.410. The molecule has 4 amide bonds. The summed E-state index contributed by atoms with van der Waals surface area (Å²) in [6.45, 7) is 2.81. The second-order valence-electron chi connectivity index (χ2n) is 15.5. The number of nitrogens with one attached hydrogen (secondary N) is 5. The van der Waals surface area contributed by atoms with Gasteiger partial charge in [0.25, 0.3) is 5.91 Å². The number of hydrogen-bond acceptors (Lipinski definition) is 11. The highest BCUT2D eigenvalue weighted by Gasteiger charge is 2.40. The van der Waals surface area contributed by atoms with E-state index in [4.69, 9.17) is 16.6 Å². The maximum atomic E-state index is 12.9. The van der Waals surface area contributed by atoms with Crippen LogP contribution in [0.1, 0.15) is 109 Å². The largest absolute Gasteiger partial charge is 0.351 e. The van der Waals surface area contributed by atoms with Gasteiger partial charge in [-0.25, -0.2) is 9.97 Å². The number of piperidine rings is 1. The summed E-state index contributed by atoms with van der Waals surface area (Å²) in [4.78, 5) is 61.4. The first-order chi connectivity index (χ1) is 26.7. The van der Waals surface area contributed by atoms with Crippen LogP contribution in [0.3, 0.4) is 0 Å². The van der Waals surface area contributed by atoms with Crippen molar-refractivity contribution in [1.82, 2.24) is 45.9 Å². The first kappa shape index (κ1) is 39.3. The van der Waals surface area contributed by atoms with Gasteiger partial charge in [-0.3, -0.25) is 29.2 Å². The molecule has 1 unspecified atom stereocenters. The van der Waals surface area contributed by atoms with Crippen molar-refractivity contribution < 1.29 is 19.2 Å². The van der Waals surface area contributed by atoms with Crippen LogP contribution in [0, 0.1) is 5.92 Å². The van der Waals surface area contributed by atoms with Crippen LogP contribution in [-0.4, -0.2) is 86.0 Å². The van der Waals surface area contributed by atoms with Gasteiger partial charge in [0.05, 0.1) is 41.1 Å². The number of unbranched alkanes of at least 4 members (excludes halogenated alkanes) is 4. The lowest BCUT2D eigenvalue weighted by Gasteiger charge is -2.30. The second-order valence-corrected chi connectivity index (χ2v) is 17.0. The Labute approximate surface area is 331 Å². The predicted molar refractivity (Wildman–Crippen MR) is 212 cm³/mol. The lowest BCUT2D eigenvalue weighted by Crippen LogP contribution is -2.52. The maximum Gasteiger partial charge on any atom is 0.265 e. The summed E-state index contributed by atoms with van der Waals surface area (Å²) in [6, 6.07) is 2.22. The lowest BCUT2D eigenvalue weighted by molar-refractivity contribution is -0.137. The summed E-state index contributed by atoms with van der Waals surface area (Å²) in [5.41, 5.74) is 3.83.